The van der Waals surface area contributed by atoms with Crippen LogP contribution in [0.1, 0.15) is 5.56 Å². The van der Waals surface area contributed by atoms with E-state index in [9.17, 15) is 0 Å². The lowest BCUT2D eigenvalue weighted by atomic mass is 10.1. The van der Waals surface area contributed by atoms with Gasteiger partial charge in [0.05, 0.1) is 16.7 Å². The van der Waals surface area contributed by atoms with Gasteiger partial charge >= 0.3 is 0 Å². The largest absolute Gasteiger partial charge is 0.308 e. The molecule has 122 valence electrons. The quantitative estimate of drug-likeness (QED) is 0.571. The second kappa shape index (κ2) is 5.80. The van der Waals surface area contributed by atoms with Crippen molar-refractivity contribution in [2.45, 2.75) is 13.5 Å². The minimum atomic E-state index is 0.913. The SMILES string of the molecule is Cc1ccc(-c2cn3c4ccccc4nc3n2CCN(C)C)cc1. The summed E-state index contributed by atoms with van der Waals surface area (Å²) in [4.78, 5) is 7.07. The lowest BCUT2D eigenvalue weighted by molar-refractivity contribution is 0.387. The van der Waals surface area contributed by atoms with Gasteiger partial charge in [-0.2, -0.15) is 0 Å². The average Bonchev–Trinajstić information content (AvgIpc) is 3.09. The summed E-state index contributed by atoms with van der Waals surface area (Å²) in [5, 5.41) is 0. The smallest absolute Gasteiger partial charge is 0.215 e. The molecule has 0 atom stereocenters. The normalized spacial score (nSPS) is 11.8. The predicted octanol–water partition coefficient (Wildman–Crippen LogP) is 3.83. The van der Waals surface area contributed by atoms with Crippen molar-refractivity contribution in [3.8, 4) is 11.3 Å². The van der Waals surface area contributed by atoms with Crippen LogP contribution < -0.4 is 0 Å². The number of nitrogens with zero attached hydrogens (tertiary/aromatic N) is 4. The first-order chi connectivity index (χ1) is 11.6. The fourth-order valence-electron chi connectivity index (χ4n) is 3.12. The Morgan fingerprint density at radius 3 is 2.50 bits per heavy atom. The molecule has 0 aliphatic rings. The Kier molecular flexibility index (Phi) is 3.62. The Balaban J connectivity index is 1.93. The van der Waals surface area contributed by atoms with E-state index in [0.717, 1.165) is 29.9 Å². The Hall–Kier alpha value is -2.59. The van der Waals surface area contributed by atoms with E-state index >= 15 is 0 Å². The lowest BCUT2D eigenvalue weighted by Gasteiger charge is -2.13. The zero-order valence-electron chi connectivity index (χ0n) is 14.4. The van der Waals surface area contributed by atoms with Crippen LogP contribution in [0.3, 0.4) is 0 Å². The lowest BCUT2D eigenvalue weighted by Crippen LogP contribution is -2.19. The molecule has 4 rings (SSSR count). The highest BCUT2D eigenvalue weighted by Gasteiger charge is 2.15. The third kappa shape index (κ3) is 2.49. The van der Waals surface area contributed by atoms with E-state index in [-0.39, 0.29) is 0 Å². The number of likely N-dealkylation sites (N-methyl/N-ethyl adjacent to an activating group) is 1. The van der Waals surface area contributed by atoms with Gasteiger partial charge in [0.25, 0.3) is 0 Å². The van der Waals surface area contributed by atoms with Crippen molar-refractivity contribution < 1.29 is 0 Å². The van der Waals surface area contributed by atoms with E-state index in [2.05, 4.69) is 83.5 Å². The molecule has 0 radical (unpaired) electrons. The molecule has 0 aliphatic carbocycles. The van der Waals surface area contributed by atoms with Crippen molar-refractivity contribution in [2.75, 3.05) is 20.6 Å². The summed E-state index contributed by atoms with van der Waals surface area (Å²) < 4.78 is 4.53. The summed E-state index contributed by atoms with van der Waals surface area (Å²) in [6.45, 7) is 4.01. The molecule has 0 aliphatic heterocycles. The van der Waals surface area contributed by atoms with Crippen molar-refractivity contribution in [2.24, 2.45) is 0 Å². The maximum absolute atomic E-state index is 4.86. The minimum Gasteiger partial charge on any atom is -0.308 e. The predicted molar refractivity (Wildman–Crippen MR) is 99.4 cm³/mol. The minimum absolute atomic E-state index is 0.913. The van der Waals surface area contributed by atoms with Crippen LogP contribution in [-0.4, -0.2) is 39.5 Å². The Labute approximate surface area is 142 Å². The fraction of sp³-hybridized carbons (Fsp3) is 0.250. The highest BCUT2D eigenvalue weighted by Crippen LogP contribution is 2.26. The van der Waals surface area contributed by atoms with Crippen molar-refractivity contribution in [1.29, 1.82) is 0 Å². The molecule has 4 aromatic rings. The number of aryl methyl sites for hydroxylation is 1. The van der Waals surface area contributed by atoms with Gasteiger partial charge in [0.2, 0.25) is 5.78 Å². The Bertz CT molecular complexity index is 990. The maximum Gasteiger partial charge on any atom is 0.215 e. The number of para-hydroxylation sites is 2. The van der Waals surface area contributed by atoms with Crippen LogP contribution >= 0.6 is 0 Å². The highest BCUT2D eigenvalue weighted by molar-refractivity contribution is 5.81. The number of benzene rings is 2. The molecule has 0 spiro atoms. The topological polar surface area (TPSA) is 25.5 Å². The van der Waals surface area contributed by atoms with Gasteiger partial charge in [-0.05, 0) is 38.7 Å². The molecule has 2 heterocycles. The standard InChI is InChI=1S/C20H22N4/c1-15-8-10-16(11-9-15)19-14-24-18-7-5-4-6-17(18)21-20(24)23(19)13-12-22(2)3/h4-11,14H,12-13H2,1-3H3. The van der Waals surface area contributed by atoms with E-state index in [1.54, 1.807) is 0 Å². The summed E-state index contributed by atoms with van der Waals surface area (Å²) in [6, 6.07) is 17.0. The van der Waals surface area contributed by atoms with Crippen LogP contribution in [0.15, 0.2) is 54.7 Å². The van der Waals surface area contributed by atoms with Crippen molar-refractivity contribution in [3.05, 3.63) is 60.3 Å². The molecule has 0 fully saturated rings. The summed E-state index contributed by atoms with van der Waals surface area (Å²) in [5.41, 5.74) is 5.92. The molecule has 2 aromatic carbocycles. The van der Waals surface area contributed by atoms with E-state index in [1.807, 2.05) is 6.07 Å². The molecule has 0 amide bonds. The van der Waals surface area contributed by atoms with Gasteiger partial charge in [0.15, 0.2) is 0 Å². The molecule has 4 nitrogen and oxygen atoms in total. The molecule has 4 heteroatoms. The van der Waals surface area contributed by atoms with E-state index in [1.165, 1.54) is 16.8 Å². The maximum atomic E-state index is 4.86. The van der Waals surface area contributed by atoms with Gasteiger partial charge in [-0.15, -0.1) is 0 Å². The Morgan fingerprint density at radius 2 is 1.75 bits per heavy atom. The third-order valence-electron chi connectivity index (χ3n) is 4.48. The number of rotatable bonds is 4. The highest BCUT2D eigenvalue weighted by atomic mass is 15.2. The van der Waals surface area contributed by atoms with Crippen molar-refractivity contribution in [1.82, 2.24) is 18.9 Å². The molecule has 0 saturated carbocycles. The van der Waals surface area contributed by atoms with Gasteiger partial charge < -0.3 is 9.47 Å². The summed E-state index contributed by atoms with van der Waals surface area (Å²) >= 11 is 0. The van der Waals surface area contributed by atoms with Gasteiger partial charge in [-0.25, -0.2) is 4.98 Å². The van der Waals surface area contributed by atoms with Crippen LogP contribution in [0.25, 0.3) is 28.1 Å². The van der Waals surface area contributed by atoms with Crippen LogP contribution in [-0.2, 0) is 6.54 Å². The van der Waals surface area contributed by atoms with E-state index < -0.39 is 0 Å². The van der Waals surface area contributed by atoms with Gasteiger partial charge in [0.1, 0.15) is 0 Å². The second-order valence-electron chi connectivity index (χ2n) is 6.61. The van der Waals surface area contributed by atoms with Crippen LogP contribution in [0.4, 0.5) is 0 Å². The zero-order valence-corrected chi connectivity index (χ0v) is 14.4. The summed E-state index contributed by atoms with van der Waals surface area (Å²) in [6.07, 6.45) is 2.21. The number of hydrogen-bond acceptors (Lipinski definition) is 2. The Morgan fingerprint density at radius 1 is 1.00 bits per heavy atom. The first kappa shape index (κ1) is 15.0. The van der Waals surface area contributed by atoms with E-state index in [0.29, 0.717) is 0 Å². The average molecular weight is 318 g/mol. The number of aromatic nitrogens is 3. The number of imidazole rings is 2. The van der Waals surface area contributed by atoms with Gasteiger partial charge in [-0.1, -0.05) is 42.0 Å². The summed E-state index contributed by atoms with van der Waals surface area (Å²) in [7, 11) is 4.21. The molecular weight excluding hydrogens is 296 g/mol. The first-order valence-corrected chi connectivity index (χ1v) is 8.31. The van der Waals surface area contributed by atoms with Crippen LogP contribution in [0.2, 0.25) is 0 Å². The number of fused-ring (bicyclic) bond motifs is 3. The molecule has 0 bridgehead atoms. The molecule has 0 saturated heterocycles. The van der Waals surface area contributed by atoms with Crippen LogP contribution in [0, 0.1) is 6.92 Å². The van der Waals surface area contributed by atoms with E-state index in [4.69, 9.17) is 4.98 Å². The third-order valence-corrected chi connectivity index (χ3v) is 4.48. The molecule has 0 unspecified atom stereocenters. The van der Waals surface area contributed by atoms with Crippen molar-refractivity contribution >= 4 is 16.8 Å². The molecule has 24 heavy (non-hydrogen) atoms. The molecule has 2 aromatic heterocycles. The fourth-order valence-corrected chi connectivity index (χ4v) is 3.12. The molecular formula is C20H22N4. The van der Waals surface area contributed by atoms with Gasteiger partial charge in [0, 0.05) is 19.3 Å². The van der Waals surface area contributed by atoms with Crippen molar-refractivity contribution in [3.63, 3.8) is 0 Å². The first-order valence-electron chi connectivity index (χ1n) is 8.31. The number of hydrogen-bond donors (Lipinski definition) is 0. The monoisotopic (exact) mass is 318 g/mol. The summed E-state index contributed by atoms with van der Waals surface area (Å²) in [5.74, 6) is 1.01. The molecule has 0 N–H and O–H groups in total. The second-order valence-corrected chi connectivity index (χ2v) is 6.61. The zero-order chi connectivity index (χ0) is 16.7. The van der Waals surface area contributed by atoms with Gasteiger partial charge in [-0.3, -0.25) is 4.40 Å². The van der Waals surface area contributed by atoms with Crippen LogP contribution in [0.5, 0.6) is 0 Å².